The van der Waals surface area contributed by atoms with E-state index in [1.54, 1.807) is 0 Å². The highest BCUT2D eigenvalue weighted by Gasteiger charge is 2.28. The highest BCUT2D eigenvalue weighted by atomic mass is 35.5. The average Bonchev–Trinajstić information content (AvgIpc) is 2.53. The van der Waals surface area contributed by atoms with Crippen LogP contribution in [-0.4, -0.2) is 11.9 Å². The van der Waals surface area contributed by atoms with Crippen molar-refractivity contribution in [3.05, 3.63) is 70.7 Å². The van der Waals surface area contributed by atoms with Gasteiger partial charge in [0.25, 0.3) is 5.91 Å². The Balaban J connectivity index is 2.26. The molecule has 23 heavy (non-hydrogen) atoms. The molecule has 0 fully saturated rings. The van der Waals surface area contributed by atoms with Gasteiger partial charge in [0.05, 0.1) is 0 Å². The van der Waals surface area contributed by atoms with Gasteiger partial charge in [0, 0.05) is 16.1 Å². The Kier molecular flexibility index (Phi) is 5.73. The lowest BCUT2D eigenvalue weighted by molar-refractivity contribution is -0.719. The lowest BCUT2D eigenvalue weighted by Gasteiger charge is -2.20. The highest BCUT2D eigenvalue weighted by Crippen LogP contribution is 2.21. The molecule has 0 saturated heterocycles. The summed E-state index contributed by atoms with van der Waals surface area (Å²) in [5, 5.41) is 4.64. The molecule has 2 atom stereocenters. The molecule has 0 aromatic heterocycles. The molecule has 3 amide bonds. The fourth-order valence-corrected chi connectivity index (χ4v) is 2.75. The van der Waals surface area contributed by atoms with Crippen LogP contribution < -0.4 is 16.4 Å². The number of amides is 3. The predicted molar refractivity (Wildman–Crippen MR) is 88.7 cm³/mol. The van der Waals surface area contributed by atoms with Crippen LogP contribution in [-0.2, 0) is 4.79 Å². The largest absolute Gasteiger partial charge is 0.351 e. The second kappa shape index (κ2) is 7.76. The summed E-state index contributed by atoms with van der Waals surface area (Å²) in [6.07, 6.45) is 0. The first-order valence-electron chi connectivity index (χ1n) is 7.23. The van der Waals surface area contributed by atoms with Crippen molar-refractivity contribution in [2.45, 2.75) is 19.0 Å². The van der Waals surface area contributed by atoms with Gasteiger partial charge in [0.2, 0.25) is 0 Å². The molecular formula is C17H19ClN3O2+. The third-order valence-electron chi connectivity index (χ3n) is 3.56. The number of primary amides is 1. The molecule has 120 valence electrons. The first-order chi connectivity index (χ1) is 11.0. The van der Waals surface area contributed by atoms with Crippen molar-refractivity contribution < 1.29 is 14.9 Å². The molecular weight excluding hydrogens is 314 g/mol. The Morgan fingerprint density at radius 2 is 1.70 bits per heavy atom. The van der Waals surface area contributed by atoms with Crippen molar-refractivity contribution >= 4 is 23.5 Å². The van der Waals surface area contributed by atoms with E-state index in [-0.39, 0.29) is 6.04 Å². The highest BCUT2D eigenvalue weighted by molar-refractivity contribution is 6.31. The summed E-state index contributed by atoms with van der Waals surface area (Å²) in [6.45, 7) is 1.95. The third kappa shape index (κ3) is 4.55. The minimum absolute atomic E-state index is 0.0764. The van der Waals surface area contributed by atoms with Gasteiger partial charge in [-0.2, -0.15) is 0 Å². The molecule has 0 bridgehead atoms. The normalized spacial score (nSPS) is 13.1. The third-order valence-corrected chi connectivity index (χ3v) is 3.91. The standard InChI is InChI=1S/C17H18ClN3O2/c1-11(13-9-5-6-10-14(13)18)20-15(16(22)21-17(19)23)12-7-3-2-4-8-12/h2-11,15,20H,1H3,(H3,19,21,22,23)/p+1/t11-,15-/m0/s1. The number of carbonyl (C=O) groups is 2. The van der Waals surface area contributed by atoms with Crippen LogP contribution in [0.25, 0.3) is 0 Å². The summed E-state index contributed by atoms with van der Waals surface area (Å²) in [6, 6.07) is 15.1. The van der Waals surface area contributed by atoms with Crippen molar-refractivity contribution in [1.82, 2.24) is 5.32 Å². The molecule has 0 spiro atoms. The summed E-state index contributed by atoms with van der Waals surface area (Å²) in [7, 11) is 0. The molecule has 6 heteroatoms. The van der Waals surface area contributed by atoms with E-state index in [0.717, 1.165) is 11.1 Å². The molecule has 2 aromatic carbocycles. The predicted octanol–water partition coefficient (Wildman–Crippen LogP) is 1.90. The minimum atomic E-state index is -0.866. The van der Waals surface area contributed by atoms with Crippen molar-refractivity contribution in [3.8, 4) is 0 Å². The van der Waals surface area contributed by atoms with Gasteiger partial charge < -0.3 is 11.1 Å². The fraction of sp³-hybridized carbons (Fsp3) is 0.176. The number of quaternary nitrogens is 1. The first kappa shape index (κ1) is 17.0. The van der Waals surface area contributed by atoms with Crippen LogP contribution in [0.15, 0.2) is 54.6 Å². The van der Waals surface area contributed by atoms with Gasteiger partial charge in [-0.25, -0.2) is 4.79 Å². The van der Waals surface area contributed by atoms with Crippen LogP contribution >= 0.6 is 11.6 Å². The Morgan fingerprint density at radius 3 is 2.30 bits per heavy atom. The maximum Gasteiger partial charge on any atom is 0.319 e. The van der Waals surface area contributed by atoms with Gasteiger partial charge in [-0.15, -0.1) is 0 Å². The Morgan fingerprint density at radius 1 is 1.09 bits per heavy atom. The molecule has 0 saturated carbocycles. The summed E-state index contributed by atoms with van der Waals surface area (Å²) in [5.41, 5.74) is 6.77. The second-order valence-corrected chi connectivity index (χ2v) is 5.65. The van der Waals surface area contributed by atoms with E-state index in [0.29, 0.717) is 5.02 Å². The second-order valence-electron chi connectivity index (χ2n) is 5.24. The Labute approximate surface area is 139 Å². The quantitative estimate of drug-likeness (QED) is 0.780. The summed E-state index contributed by atoms with van der Waals surface area (Å²) in [4.78, 5) is 23.3. The number of nitrogens with two attached hydrogens (primary N) is 2. The molecule has 0 unspecified atom stereocenters. The smallest absolute Gasteiger partial charge is 0.319 e. The van der Waals surface area contributed by atoms with E-state index >= 15 is 0 Å². The number of halogens is 1. The Bertz CT molecular complexity index is 691. The van der Waals surface area contributed by atoms with Crippen LogP contribution in [0, 0.1) is 0 Å². The van der Waals surface area contributed by atoms with Gasteiger partial charge in [-0.1, -0.05) is 60.1 Å². The van der Waals surface area contributed by atoms with Crippen molar-refractivity contribution in [2.24, 2.45) is 5.73 Å². The molecule has 5 N–H and O–H groups in total. The van der Waals surface area contributed by atoms with Crippen molar-refractivity contribution in [2.75, 3.05) is 0 Å². The van der Waals surface area contributed by atoms with Crippen molar-refractivity contribution in [1.29, 1.82) is 0 Å². The number of carbonyl (C=O) groups excluding carboxylic acids is 2. The fourth-order valence-electron chi connectivity index (χ4n) is 2.45. The maximum atomic E-state index is 12.3. The Hall–Kier alpha value is -2.37. The number of nitrogens with one attached hydrogen (secondary N) is 1. The number of rotatable bonds is 5. The van der Waals surface area contributed by atoms with Crippen LogP contribution in [0.1, 0.15) is 30.1 Å². The van der Waals surface area contributed by atoms with E-state index in [9.17, 15) is 9.59 Å². The van der Waals surface area contributed by atoms with Crippen molar-refractivity contribution in [3.63, 3.8) is 0 Å². The van der Waals surface area contributed by atoms with Gasteiger partial charge >= 0.3 is 6.03 Å². The average molecular weight is 333 g/mol. The van der Waals surface area contributed by atoms with Gasteiger partial charge in [0.1, 0.15) is 6.04 Å². The summed E-state index contributed by atoms with van der Waals surface area (Å²) < 4.78 is 0. The summed E-state index contributed by atoms with van der Waals surface area (Å²) in [5.74, 6) is -0.456. The molecule has 2 rings (SSSR count). The van der Waals surface area contributed by atoms with Gasteiger partial charge in [0.15, 0.2) is 6.04 Å². The maximum absolute atomic E-state index is 12.3. The van der Waals surface area contributed by atoms with E-state index in [1.807, 2.05) is 66.8 Å². The van der Waals surface area contributed by atoms with Crippen LogP contribution in [0.3, 0.4) is 0 Å². The number of hydrogen-bond donors (Lipinski definition) is 3. The number of benzene rings is 2. The lowest BCUT2D eigenvalue weighted by atomic mass is 10.0. The zero-order valence-corrected chi connectivity index (χ0v) is 13.5. The van der Waals surface area contributed by atoms with Crippen LogP contribution in [0.4, 0.5) is 4.79 Å². The zero-order valence-electron chi connectivity index (χ0n) is 12.7. The number of imide groups is 1. The number of hydrogen-bond acceptors (Lipinski definition) is 2. The molecule has 5 nitrogen and oxygen atoms in total. The molecule has 0 radical (unpaired) electrons. The molecule has 0 aliphatic carbocycles. The van der Waals surface area contributed by atoms with Crippen LogP contribution in [0.2, 0.25) is 5.02 Å². The minimum Gasteiger partial charge on any atom is -0.351 e. The van der Waals surface area contributed by atoms with E-state index in [4.69, 9.17) is 17.3 Å². The van der Waals surface area contributed by atoms with E-state index < -0.39 is 18.0 Å². The molecule has 2 aromatic rings. The lowest BCUT2D eigenvalue weighted by Crippen LogP contribution is -2.88. The zero-order chi connectivity index (χ0) is 16.8. The van der Waals surface area contributed by atoms with E-state index in [1.165, 1.54) is 0 Å². The first-order valence-corrected chi connectivity index (χ1v) is 7.61. The van der Waals surface area contributed by atoms with Crippen LogP contribution in [0.5, 0.6) is 0 Å². The monoisotopic (exact) mass is 332 g/mol. The topological polar surface area (TPSA) is 88.8 Å². The van der Waals surface area contributed by atoms with Gasteiger partial charge in [-0.05, 0) is 13.0 Å². The van der Waals surface area contributed by atoms with E-state index in [2.05, 4.69) is 5.32 Å². The number of urea groups is 1. The SMILES string of the molecule is C[C@H]([NH2+][C@H](C(=O)NC(N)=O)c1ccccc1)c1ccccc1Cl. The molecule has 0 aliphatic heterocycles. The molecule has 0 aliphatic rings. The van der Waals surface area contributed by atoms with Gasteiger partial charge in [-0.3, -0.25) is 10.1 Å². The summed E-state index contributed by atoms with van der Waals surface area (Å²) >= 11 is 6.22. The molecule has 0 heterocycles.